The monoisotopic (exact) mass is 392 g/mol. The molecule has 0 aromatic heterocycles. The van der Waals surface area contributed by atoms with Crippen LogP contribution in [0.5, 0.6) is 0 Å². The minimum Gasteiger partial charge on any atom is -0.465 e. The molecule has 1 rings (SSSR count). The van der Waals surface area contributed by atoms with Crippen LogP contribution >= 0.6 is 0 Å². The highest BCUT2D eigenvalue weighted by molar-refractivity contribution is 5.89. The van der Waals surface area contributed by atoms with Crippen molar-refractivity contribution in [1.29, 1.82) is 0 Å². The number of carbonyl (C=O) groups is 3. The average Bonchev–Trinajstić information content (AvgIpc) is 2.61. The van der Waals surface area contributed by atoms with Gasteiger partial charge in [0, 0.05) is 6.54 Å². The minimum absolute atomic E-state index is 0.274. The maximum Gasteiger partial charge on any atom is 0.408 e. The third-order valence-electron chi connectivity index (χ3n) is 3.88. The van der Waals surface area contributed by atoms with E-state index in [-0.39, 0.29) is 12.5 Å². The topological polar surface area (TPSA) is 93.7 Å². The van der Waals surface area contributed by atoms with E-state index in [2.05, 4.69) is 29.2 Å². The molecule has 7 heteroatoms. The molecule has 0 aliphatic carbocycles. The maximum absolute atomic E-state index is 12.6. The van der Waals surface area contributed by atoms with Crippen molar-refractivity contribution in [2.24, 2.45) is 5.92 Å². The van der Waals surface area contributed by atoms with Gasteiger partial charge in [0.05, 0.1) is 12.7 Å². The SMILES string of the molecule is COC(=O)c1ccc(CNC(=O)C(CCC(C)C)NC(=O)OC(C)(C)C)cc1. The highest BCUT2D eigenvalue weighted by Gasteiger charge is 2.24. The fourth-order valence-electron chi connectivity index (χ4n) is 2.41. The molecule has 1 aromatic rings. The van der Waals surface area contributed by atoms with Gasteiger partial charge in [-0.05, 0) is 57.2 Å². The van der Waals surface area contributed by atoms with E-state index in [0.717, 1.165) is 12.0 Å². The second-order valence-corrected chi connectivity index (χ2v) is 8.08. The molecule has 156 valence electrons. The molecule has 0 aliphatic rings. The number of carbonyl (C=O) groups excluding carboxylic acids is 3. The predicted octanol–water partition coefficient (Wildman–Crippen LogP) is 3.42. The zero-order chi connectivity index (χ0) is 21.3. The van der Waals surface area contributed by atoms with Crippen LogP contribution in [-0.4, -0.2) is 36.7 Å². The van der Waals surface area contributed by atoms with Crippen LogP contribution in [0, 0.1) is 5.92 Å². The van der Waals surface area contributed by atoms with Gasteiger partial charge in [0.2, 0.25) is 5.91 Å². The molecule has 0 fully saturated rings. The number of amides is 2. The summed E-state index contributed by atoms with van der Waals surface area (Å²) in [6, 6.07) is 6.10. The summed E-state index contributed by atoms with van der Waals surface area (Å²) >= 11 is 0. The molecule has 7 nitrogen and oxygen atoms in total. The largest absolute Gasteiger partial charge is 0.465 e. The summed E-state index contributed by atoms with van der Waals surface area (Å²) in [5.74, 6) is -0.281. The zero-order valence-corrected chi connectivity index (χ0v) is 17.6. The third kappa shape index (κ3) is 8.88. The van der Waals surface area contributed by atoms with Crippen molar-refractivity contribution >= 4 is 18.0 Å². The molecule has 1 aromatic carbocycles. The first-order valence-electron chi connectivity index (χ1n) is 9.46. The number of ether oxygens (including phenoxy) is 2. The molecule has 0 heterocycles. The van der Waals surface area contributed by atoms with Gasteiger partial charge in [0.25, 0.3) is 0 Å². The third-order valence-corrected chi connectivity index (χ3v) is 3.88. The number of hydrogen-bond donors (Lipinski definition) is 2. The molecule has 1 atom stereocenters. The predicted molar refractivity (Wildman–Crippen MR) is 107 cm³/mol. The van der Waals surface area contributed by atoms with Crippen molar-refractivity contribution in [2.45, 2.75) is 65.6 Å². The lowest BCUT2D eigenvalue weighted by atomic mass is 10.0. The van der Waals surface area contributed by atoms with E-state index in [9.17, 15) is 14.4 Å². The first-order chi connectivity index (χ1) is 13.0. The van der Waals surface area contributed by atoms with Crippen molar-refractivity contribution < 1.29 is 23.9 Å². The molecule has 2 N–H and O–H groups in total. The van der Waals surface area contributed by atoms with Crippen LogP contribution in [0.1, 0.15) is 63.4 Å². The van der Waals surface area contributed by atoms with Gasteiger partial charge in [0.1, 0.15) is 11.6 Å². The molecular formula is C21H32N2O5. The summed E-state index contributed by atoms with van der Waals surface area (Å²) in [5, 5.41) is 5.49. The van der Waals surface area contributed by atoms with Crippen LogP contribution in [0.15, 0.2) is 24.3 Å². The number of hydrogen-bond acceptors (Lipinski definition) is 5. The lowest BCUT2D eigenvalue weighted by molar-refractivity contribution is -0.123. The van der Waals surface area contributed by atoms with Crippen LogP contribution in [-0.2, 0) is 20.8 Å². The first-order valence-corrected chi connectivity index (χ1v) is 9.46. The summed E-state index contributed by atoms with van der Waals surface area (Å²) in [6.45, 7) is 9.72. The molecule has 0 saturated carbocycles. The quantitative estimate of drug-likeness (QED) is 0.661. The summed E-state index contributed by atoms with van der Waals surface area (Å²) < 4.78 is 9.92. The van der Waals surface area contributed by atoms with E-state index in [0.29, 0.717) is 17.9 Å². The van der Waals surface area contributed by atoms with Gasteiger partial charge in [-0.25, -0.2) is 9.59 Å². The second kappa shape index (κ2) is 10.7. The van der Waals surface area contributed by atoms with Gasteiger partial charge >= 0.3 is 12.1 Å². The van der Waals surface area contributed by atoms with E-state index in [1.807, 2.05) is 0 Å². The Morgan fingerprint density at radius 2 is 1.64 bits per heavy atom. The molecular weight excluding hydrogens is 360 g/mol. The summed E-state index contributed by atoms with van der Waals surface area (Å²) in [4.78, 5) is 36.1. The highest BCUT2D eigenvalue weighted by Crippen LogP contribution is 2.11. The fraction of sp³-hybridized carbons (Fsp3) is 0.571. The van der Waals surface area contributed by atoms with E-state index in [1.165, 1.54) is 7.11 Å². The van der Waals surface area contributed by atoms with Gasteiger partial charge in [0.15, 0.2) is 0 Å². The van der Waals surface area contributed by atoms with Crippen LogP contribution in [0.3, 0.4) is 0 Å². The van der Waals surface area contributed by atoms with E-state index < -0.39 is 23.7 Å². The van der Waals surface area contributed by atoms with Crippen molar-refractivity contribution in [3.05, 3.63) is 35.4 Å². The van der Waals surface area contributed by atoms with E-state index >= 15 is 0 Å². The van der Waals surface area contributed by atoms with Gasteiger partial charge in [-0.15, -0.1) is 0 Å². The Balaban J connectivity index is 2.69. The summed E-state index contributed by atoms with van der Waals surface area (Å²) in [5.41, 5.74) is 0.643. The van der Waals surface area contributed by atoms with Crippen molar-refractivity contribution in [1.82, 2.24) is 10.6 Å². The number of benzene rings is 1. The van der Waals surface area contributed by atoms with Crippen molar-refractivity contribution in [3.63, 3.8) is 0 Å². The number of methoxy groups -OCH3 is 1. The van der Waals surface area contributed by atoms with Crippen LogP contribution in [0.2, 0.25) is 0 Å². The van der Waals surface area contributed by atoms with Gasteiger partial charge in [-0.1, -0.05) is 26.0 Å². The Morgan fingerprint density at radius 3 is 2.14 bits per heavy atom. The fourth-order valence-corrected chi connectivity index (χ4v) is 2.41. The summed E-state index contributed by atoms with van der Waals surface area (Å²) in [7, 11) is 1.32. The molecule has 0 radical (unpaired) electrons. The highest BCUT2D eigenvalue weighted by atomic mass is 16.6. The lowest BCUT2D eigenvalue weighted by Gasteiger charge is -2.23. The van der Waals surface area contributed by atoms with Gasteiger partial charge in [-0.3, -0.25) is 4.79 Å². The Labute approximate surface area is 167 Å². The Morgan fingerprint density at radius 1 is 1.04 bits per heavy atom. The lowest BCUT2D eigenvalue weighted by Crippen LogP contribution is -2.48. The van der Waals surface area contributed by atoms with Gasteiger partial charge in [-0.2, -0.15) is 0 Å². The molecule has 1 unspecified atom stereocenters. The summed E-state index contributed by atoms with van der Waals surface area (Å²) in [6.07, 6.45) is 0.699. The zero-order valence-electron chi connectivity index (χ0n) is 17.6. The molecule has 0 spiro atoms. The molecule has 28 heavy (non-hydrogen) atoms. The second-order valence-electron chi connectivity index (χ2n) is 8.08. The Kier molecular flexibility index (Phi) is 8.96. The number of esters is 1. The van der Waals surface area contributed by atoms with Crippen LogP contribution < -0.4 is 10.6 Å². The smallest absolute Gasteiger partial charge is 0.408 e. The molecule has 0 aliphatic heterocycles. The number of alkyl carbamates (subject to hydrolysis) is 1. The van der Waals surface area contributed by atoms with E-state index in [4.69, 9.17) is 4.74 Å². The average molecular weight is 392 g/mol. The Bertz CT molecular complexity index is 662. The van der Waals surface area contributed by atoms with E-state index in [1.54, 1.807) is 45.0 Å². The molecule has 2 amide bonds. The van der Waals surface area contributed by atoms with Crippen LogP contribution in [0.4, 0.5) is 4.79 Å². The maximum atomic E-state index is 12.6. The van der Waals surface area contributed by atoms with Crippen LogP contribution in [0.25, 0.3) is 0 Å². The number of rotatable bonds is 8. The van der Waals surface area contributed by atoms with Gasteiger partial charge < -0.3 is 20.1 Å². The molecule has 0 bridgehead atoms. The van der Waals surface area contributed by atoms with Crippen molar-refractivity contribution in [2.75, 3.05) is 7.11 Å². The first kappa shape index (κ1) is 23.5. The minimum atomic E-state index is -0.674. The number of nitrogens with one attached hydrogen (secondary N) is 2. The van der Waals surface area contributed by atoms with Crippen molar-refractivity contribution in [3.8, 4) is 0 Å². The normalized spacial score (nSPS) is 12.2. The standard InChI is InChI=1S/C21H32N2O5/c1-14(2)7-12-17(23-20(26)28-21(3,4)5)18(24)22-13-15-8-10-16(11-9-15)19(25)27-6/h8-11,14,17H,7,12-13H2,1-6H3,(H,22,24)(H,23,26). The Hall–Kier alpha value is -2.57. The molecule has 0 saturated heterocycles.